The zero-order valence-corrected chi connectivity index (χ0v) is 16.5. The van der Waals surface area contributed by atoms with Crippen molar-refractivity contribution < 1.29 is 20.1 Å². The van der Waals surface area contributed by atoms with Crippen LogP contribution in [0.3, 0.4) is 0 Å². The average Bonchev–Trinajstić information content (AvgIpc) is 2.72. The van der Waals surface area contributed by atoms with Crippen LogP contribution in [0.1, 0.15) is 41.7 Å². The predicted octanol–water partition coefficient (Wildman–Crippen LogP) is 3.09. The number of halogens is 1. The summed E-state index contributed by atoms with van der Waals surface area (Å²) in [6, 6.07) is 13.1. The minimum absolute atomic E-state index is 0.208. The molecule has 5 heteroatoms. The summed E-state index contributed by atoms with van der Waals surface area (Å²) >= 11 is 6.39. The summed E-state index contributed by atoms with van der Waals surface area (Å²) in [5.41, 5.74) is 3.48. The van der Waals surface area contributed by atoms with Gasteiger partial charge in [-0.1, -0.05) is 48.7 Å². The van der Waals surface area contributed by atoms with Crippen molar-refractivity contribution in [1.82, 2.24) is 0 Å². The smallest absolute Gasteiger partial charge is 0.111 e. The van der Waals surface area contributed by atoms with Crippen molar-refractivity contribution in [3.05, 3.63) is 69.7 Å². The molecule has 1 saturated heterocycles. The largest absolute Gasteiger partial charge is 0.394 e. The lowest BCUT2D eigenvalue weighted by Crippen LogP contribution is -2.51. The standard InChI is InChI=1S/C23H25ClO4/c1-3-14-5-7-15(8-6-14)11-17-12-16(9-10-19(17)24)23-22(27)21(26)18(4-2)20(13-25)28-23/h1,5-10,12,18,20-23,25-27H,4,11,13H2,2H3/t18-,20-,21+,22-,23+/m1/s1. The summed E-state index contributed by atoms with van der Waals surface area (Å²) in [5.74, 6) is 2.29. The molecule has 0 saturated carbocycles. The molecular formula is C23H25ClO4. The van der Waals surface area contributed by atoms with Crippen LogP contribution in [0.15, 0.2) is 42.5 Å². The Kier molecular flexibility index (Phi) is 6.77. The van der Waals surface area contributed by atoms with Gasteiger partial charge in [-0.25, -0.2) is 0 Å². The third-order valence-corrected chi connectivity index (χ3v) is 5.83. The molecule has 2 aromatic rings. The third kappa shape index (κ3) is 4.25. The molecule has 1 heterocycles. The fraction of sp³-hybridized carbons (Fsp3) is 0.391. The SMILES string of the molecule is C#Cc1ccc(Cc2cc([C@@H]3O[C@H](CO)[C@@H](CC)[C@H](O)[C@H]3O)ccc2Cl)cc1. The maximum Gasteiger partial charge on any atom is 0.111 e. The Morgan fingerprint density at radius 1 is 1.11 bits per heavy atom. The number of benzene rings is 2. The van der Waals surface area contributed by atoms with Gasteiger partial charge in [-0.05, 0) is 47.7 Å². The highest BCUT2D eigenvalue weighted by atomic mass is 35.5. The van der Waals surface area contributed by atoms with Gasteiger partial charge in [0.2, 0.25) is 0 Å². The number of rotatable bonds is 5. The van der Waals surface area contributed by atoms with Crippen molar-refractivity contribution in [3.63, 3.8) is 0 Å². The Labute approximate surface area is 170 Å². The van der Waals surface area contributed by atoms with E-state index in [1.807, 2.05) is 37.3 Å². The number of terminal acetylenes is 1. The Balaban J connectivity index is 1.86. The van der Waals surface area contributed by atoms with E-state index in [4.69, 9.17) is 22.8 Å². The summed E-state index contributed by atoms with van der Waals surface area (Å²) in [5, 5.41) is 31.4. The van der Waals surface area contributed by atoms with E-state index in [1.165, 1.54) is 0 Å². The summed E-state index contributed by atoms with van der Waals surface area (Å²) < 4.78 is 5.96. The maximum absolute atomic E-state index is 10.6. The Morgan fingerprint density at radius 3 is 2.43 bits per heavy atom. The van der Waals surface area contributed by atoms with Crippen LogP contribution in [0.25, 0.3) is 0 Å². The van der Waals surface area contributed by atoms with Gasteiger partial charge in [-0.3, -0.25) is 0 Å². The van der Waals surface area contributed by atoms with Crippen molar-refractivity contribution in [3.8, 4) is 12.3 Å². The van der Waals surface area contributed by atoms with Gasteiger partial charge >= 0.3 is 0 Å². The minimum atomic E-state index is -1.07. The molecule has 0 aliphatic carbocycles. The molecular weight excluding hydrogens is 376 g/mol. The second-order valence-electron chi connectivity index (χ2n) is 7.20. The zero-order chi connectivity index (χ0) is 20.3. The lowest BCUT2D eigenvalue weighted by Gasteiger charge is -2.42. The van der Waals surface area contributed by atoms with Gasteiger partial charge in [0.1, 0.15) is 12.2 Å². The van der Waals surface area contributed by atoms with Gasteiger partial charge in [0, 0.05) is 16.5 Å². The van der Waals surface area contributed by atoms with Crippen LogP contribution in [0.2, 0.25) is 5.02 Å². The zero-order valence-electron chi connectivity index (χ0n) is 15.8. The van der Waals surface area contributed by atoms with Crippen LogP contribution in [0.4, 0.5) is 0 Å². The number of aliphatic hydroxyl groups is 3. The molecule has 28 heavy (non-hydrogen) atoms. The molecule has 0 unspecified atom stereocenters. The summed E-state index contributed by atoms with van der Waals surface area (Å²) in [4.78, 5) is 0. The van der Waals surface area contributed by atoms with Crippen LogP contribution < -0.4 is 0 Å². The third-order valence-electron chi connectivity index (χ3n) is 5.46. The quantitative estimate of drug-likeness (QED) is 0.674. The first kappa shape index (κ1) is 20.9. The normalized spacial score (nSPS) is 27.4. The summed E-state index contributed by atoms with van der Waals surface area (Å²) in [6.45, 7) is 1.69. The van der Waals surface area contributed by atoms with Crippen molar-refractivity contribution >= 4 is 11.6 Å². The lowest BCUT2D eigenvalue weighted by atomic mass is 9.83. The Morgan fingerprint density at radius 2 is 1.82 bits per heavy atom. The number of hydrogen-bond donors (Lipinski definition) is 3. The van der Waals surface area contributed by atoms with E-state index in [-0.39, 0.29) is 12.5 Å². The van der Waals surface area contributed by atoms with Crippen LogP contribution >= 0.6 is 11.6 Å². The van der Waals surface area contributed by atoms with E-state index in [1.54, 1.807) is 12.1 Å². The summed E-state index contributed by atoms with van der Waals surface area (Å²) in [7, 11) is 0. The van der Waals surface area contributed by atoms with E-state index < -0.39 is 24.4 Å². The van der Waals surface area contributed by atoms with Crippen LogP contribution in [-0.2, 0) is 11.2 Å². The van der Waals surface area contributed by atoms with Crippen molar-refractivity contribution in [2.24, 2.45) is 5.92 Å². The maximum atomic E-state index is 10.6. The molecule has 1 aliphatic heterocycles. The first-order valence-corrected chi connectivity index (χ1v) is 9.82. The van der Waals surface area contributed by atoms with E-state index in [2.05, 4.69) is 5.92 Å². The topological polar surface area (TPSA) is 69.9 Å². The van der Waals surface area contributed by atoms with Crippen molar-refractivity contribution in [2.75, 3.05) is 6.61 Å². The molecule has 1 aliphatic rings. The number of aliphatic hydroxyl groups excluding tert-OH is 3. The van der Waals surface area contributed by atoms with Crippen molar-refractivity contribution in [1.29, 1.82) is 0 Å². The molecule has 148 valence electrons. The first-order valence-electron chi connectivity index (χ1n) is 9.44. The number of hydrogen-bond acceptors (Lipinski definition) is 4. The Hall–Kier alpha value is -1.87. The lowest BCUT2D eigenvalue weighted by molar-refractivity contribution is -0.211. The molecule has 2 aromatic carbocycles. The molecule has 0 aromatic heterocycles. The van der Waals surface area contributed by atoms with Gasteiger partial charge in [-0.2, -0.15) is 0 Å². The van der Waals surface area contributed by atoms with Crippen LogP contribution in [-0.4, -0.2) is 40.2 Å². The fourth-order valence-electron chi connectivity index (χ4n) is 3.83. The molecule has 5 atom stereocenters. The van der Waals surface area contributed by atoms with Gasteiger partial charge in [0.05, 0.1) is 18.8 Å². The number of ether oxygens (including phenoxy) is 1. The molecule has 0 bridgehead atoms. The monoisotopic (exact) mass is 400 g/mol. The second-order valence-corrected chi connectivity index (χ2v) is 7.61. The van der Waals surface area contributed by atoms with Gasteiger partial charge in [0.15, 0.2) is 0 Å². The van der Waals surface area contributed by atoms with Gasteiger partial charge < -0.3 is 20.1 Å². The molecule has 0 spiro atoms. The minimum Gasteiger partial charge on any atom is -0.394 e. The second kappa shape index (κ2) is 9.09. The molecule has 4 nitrogen and oxygen atoms in total. The van der Waals surface area contributed by atoms with E-state index in [9.17, 15) is 15.3 Å². The Bertz CT molecular complexity index is 841. The average molecular weight is 401 g/mol. The van der Waals surface area contributed by atoms with Crippen molar-refractivity contribution in [2.45, 2.75) is 44.2 Å². The van der Waals surface area contributed by atoms with Crippen LogP contribution in [0.5, 0.6) is 0 Å². The fourth-order valence-corrected chi connectivity index (χ4v) is 4.01. The molecule has 1 fully saturated rings. The summed E-state index contributed by atoms with van der Waals surface area (Å²) in [6.07, 6.45) is 3.32. The highest BCUT2D eigenvalue weighted by Gasteiger charge is 2.43. The van der Waals surface area contributed by atoms with E-state index >= 15 is 0 Å². The molecule has 3 N–H and O–H groups in total. The van der Waals surface area contributed by atoms with Gasteiger partial charge in [0.25, 0.3) is 0 Å². The first-order chi connectivity index (χ1) is 13.5. The van der Waals surface area contributed by atoms with E-state index in [0.29, 0.717) is 17.9 Å². The van der Waals surface area contributed by atoms with Crippen LogP contribution in [0, 0.1) is 18.3 Å². The highest BCUT2D eigenvalue weighted by Crippen LogP contribution is 2.37. The molecule has 3 rings (SSSR count). The molecule has 0 amide bonds. The highest BCUT2D eigenvalue weighted by molar-refractivity contribution is 6.31. The molecule has 0 radical (unpaired) electrons. The van der Waals surface area contributed by atoms with E-state index in [0.717, 1.165) is 22.3 Å². The van der Waals surface area contributed by atoms with Gasteiger partial charge in [-0.15, -0.1) is 6.42 Å². The predicted molar refractivity (Wildman–Crippen MR) is 109 cm³/mol.